The molecule has 20 heavy (non-hydrogen) atoms. The van der Waals surface area contributed by atoms with Crippen LogP contribution in [0.4, 0.5) is 0 Å². The molecule has 0 aromatic carbocycles. The third-order valence-electron chi connectivity index (χ3n) is 3.41. The molecule has 1 saturated heterocycles. The highest BCUT2D eigenvalue weighted by molar-refractivity contribution is 7.89. The van der Waals surface area contributed by atoms with Gasteiger partial charge >= 0.3 is 0 Å². The summed E-state index contributed by atoms with van der Waals surface area (Å²) in [6, 6.07) is 2.26. The van der Waals surface area contributed by atoms with Crippen LogP contribution in [0.15, 0.2) is 21.6 Å². The van der Waals surface area contributed by atoms with Crippen LogP contribution in [-0.2, 0) is 10.0 Å². The summed E-state index contributed by atoms with van der Waals surface area (Å²) in [6.07, 6.45) is 1.06. The van der Waals surface area contributed by atoms with Gasteiger partial charge in [0.05, 0.1) is 32.7 Å². The minimum atomic E-state index is -3.75. The number of rotatable bonds is 5. The largest absolute Gasteiger partial charge is 0.542 e. The van der Waals surface area contributed by atoms with Gasteiger partial charge in [0, 0.05) is 0 Å². The molecule has 2 heterocycles. The Morgan fingerprint density at radius 2 is 2.05 bits per heavy atom. The molecule has 1 aromatic rings. The van der Waals surface area contributed by atoms with Crippen LogP contribution in [0.2, 0.25) is 0 Å². The van der Waals surface area contributed by atoms with Crippen molar-refractivity contribution in [3.63, 3.8) is 0 Å². The third kappa shape index (κ3) is 3.02. The van der Waals surface area contributed by atoms with Crippen LogP contribution in [0.3, 0.4) is 0 Å². The smallest absolute Gasteiger partial charge is 0.276 e. The molecule has 1 aromatic heterocycles. The van der Waals surface area contributed by atoms with Crippen LogP contribution in [-0.4, -0.2) is 51.4 Å². The summed E-state index contributed by atoms with van der Waals surface area (Å²) >= 11 is 0. The average Bonchev–Trinajstić information content (AvgIpc) is 2.90. The van der Waals surface area contributed by atoms with Crippen molar-refractivity contribution in [2.24, 2.45) is 0 Å². The number of furan rings is 1. The summed E-state index contributed by atoms with van der Waals surface area (Å²) in [7, 11) is -3.75. The summed E-state index contributed by atoms with van der Waals surface area (Å²) in [6.45, 7) is 5.46. The van der Waals surface area contributed by atoms with Crippen molar-refractivity contribution in [3.05, 3.63) is 17.9 Å². The molecular formula is C12H18N2O5S. The van der Waals surface area contributed by atoms with Crippen LogP contribution < -0.4 is 10.0 Å². The van der Waals surface area contributed by atoms with Crippen LogP contribution in [0.1, 0.15) is 23.9 Å². The molecule has 0 bridgehead atoms. The maximum Gasteiger partial charge on any atom is 0.276 e. The number of nitrogens with zero attached hydrogens (tertiary/aromatic N) is 1. The lowest BCUT2D eigenvalue weighted by molar-refractivity contribution is -0.903. The predicted molar refractivity (Wildman–Crippen MR) is 67.7 cm³/mol. The fourth-order valence-corrected chi connectivity index (χ4v) is 3.69. The van der Waals surface area contributed by atoms with E-state index in [2.05, 4.69) is 6.92 Å². The van der Waals surface area contributed by atoms with Crippen molar-refractivity contribution in [1.82, 2.24) is 4.31 Å². The fourth-order valence-electron chi connectivity index (χ4n) is 2.34. The summed E-state index contributed by atoms with van der Waals surface area (Å²) in [4.78, 5) is 12.0. The number of carboxylic acid groups (broad SMARTS) is 1. The van der Waals surface area contributed by atoms with E-state index < -0.39 is 21.8 Å². The van der Waals surface area contributed by atoms with Gasteiger partial charge in [-0.25, -0.2) is 8.42 Å². The molecule has 2 rings (SSSR count). The lowest BCUT2D eigenvalue weighted by atomic mass is 10.3. The molecule has 0 amide bonds. The van der Waals surface area contributed by atoms with Crippen molar-refractivity contribution in [2.45, 2.75) is 18.4 Å². The Balaban J connectivity index is 2.09. The normalized spacial score (nSPS) is 18.2. The zero-order valence-corrected chi connectivity index (χ0v) is 12.1. The zero-order chi connectivity index (χ0) is 14.8. The van der Waals surface area contributed by atoms with Crippen molar-refractivity contribution in [2.75, 3.05) is 32.7 Å². The molecule has 0 saturated carbocycles. The standard InChI is InChI=1S/C12H18N2O5S/c1-2-5-13-6-8-14(9-7-13)20(17,18)11-4-3-10(19-11)12(15)16/h3-4H,2,5-9H2,1H3,(H,15,16). The molecule has 1 aliphatic heterocycles. The molecule has 0 aliphatic carbocycles. The van der Waals surface area contributed by atoms with E-state index in [1.165, 1.54) is 9.21 Å². The molecule has 1 aliphatic rings. The Hall–Kier alpha value is -1.38. The van der Waals surface area contributed by atoms with Gasteiger partial charge < -0.3 is 19.2 Å². The Kier molecular flexibility index (Phi) is 4.46. The van der Waals surface area contributed by atoms with E-state index in [9.17, 15) is 18.3 Å². The summed E-state index contributed by atoms with van der Waals surface area (Å²) < 4.78 is 30.8. The quantitative estimate of drug-likeness (QED) is 0.675. The second kappa shape index (κ2) is 5.94. The van der Waals surface area contributed by atoms with E-state index in [0.717, 1.165) is 38.2 Å². The number of piperazine rings is 1. The molecule has 7 nitrogen and oxygen atoms in total. The van der Waals surface area contributed by atoms with Crippen LogP contribution in [0.25, 0.3) is 0 Å². The monoisotopic (exact) mass is 302 g/mol. The van der Waals surface area contributed by atoms with Gasteiger partial charge in [-0.3, -0.25) is 0 Å². The van der Waals surface area contributed by atoms with Gasteiger partial charge in [0.1, 0.15) is 5.97 Å². The molecule has 0 radical (unpaired) electrons. The van der Waals surface area contributed by atoms with E-state index in [1.54, 1.807) is 0 Å². The zero-order valence-electron chi connectivity index (χ0n) is 11.3. The Morgan fingerprint density at radius 1 is 1.40 bits per heavy atom. The van der Waals surface area contributed by atoms with Gasteiger partial charge in [0.15, 0.2) is 5.76 Å². The number of carbonyl (C=O) groups excluding carboxylic acids is 1. The highest BCUT2D eigenvalue weighted by Gasteiger charge is 2.32. The van der Waals surface area contributed by atoms with E-state index >= 15 is 0 Å². The van der Waals surface area contributed by atoms with Gasteiger partial charge in [-0.2, -0.15) is 4.31 Å². The van der Waals surface area contributed by atoms with Crippen molar-refractivity contribution < 1.29 is 27.6 Å². The Labute approximate surface area is 117 Å². The van der Waals surface area contributed by atoms with Gasteiger partial charge in [0.25, 0.3) is 10.0 Å². The van der Waals surface area contributed by atoms with E-state index in [4.69, 9.17) is 4.42 Å². The number of aromatic carboxylic acids is 1. The van der Waals surface area contributed by atoms with Crippen molar-refractivity contribution in [3.8, 4) is 0 Å². The van der Waals surface area contributed by atoms with Crippen molar-refractivity contribution in [1.29, 1.82) is 0 Å². The SMILES string of the molecule is CCC[NH+]1CCN(S(=O)(=O)c2ccc(C(=O)[O-])o2)CC1. The second-order valence-corrected chi connectivity index (χ2v) is 6.68. The van der Waals surface area contributed by atoms with Gasteiger partial charge in [-0.05, 0) is 18.6 Å². The first-order valence-corrected chi connectivity index (χ1v) is 8.04. The molecule has 0 spiro atoms. The van der Waals surface area contributed by atoms with Crippen LogP contribution in [0, 0.1) is 0 Å². The van der Waals surface area contributed by atoms with Gasteiger partial charge in [-0.1, -0.05) is 6.92 Å². The number of nitrogens with one attached hydrogen (secondary N) is 1. The number of carboxylic acids is 1. The minimum Gasteiger partial charge on any atom is -0.542 e. The minimum absolute atomic E-state index is 0.337. The fraction of sp³-hybridized carbons (Fsp3) is 0.583. The second-order valence-electron chi connectivity index (χ2n) is 4.81. The molecule has 8 heteroatoms. The van der Waals surface area contributed by atoms with Gasteiger partial charge in [-0.15, -0.1) is 0 Å². The molecule has 0 atom stereocenters. The van der Waals surface area contributed by atoms with Crippen molar-refractivity contribution >= 4 is 16.0 Å². The topological polar surface area (TPSA) is 95.1 Å². The van der Waals surface area contributed by atoms with E-state index in [-0.39, 0.29) is 5.09 Å². The number of quaternary nitrogens is 1. The molecule has 0 unspecified atom stereocenters. The number of carbonyl (C=O) groups is 1. The summed E-state index contributed by atoms with van der Waals surface area (Å²) in [5.41, 5.74) is 0. The summed E-state index contributed by atoms with van der Waals surface area (Å²) in [5.74, 6) is -2.00. The first-order chi connectivity index (χ1) is 9.45. The number of hydrogen-bond donors (Lipinski definition) is 1. The molecule has 112 valence electrons. The first kappa shape index (κ1) is 15.0. The average molecular weight is 302 g/mol. The Bertz CT molecular complexity index is 572. The van der Waals surface area contributed by atoms with Crippen LogP contribution in [0.5, 0.6) is 0 Å². The van der Waals surface area contributed by atoms with Crippen LogP contribution >= 0.6 is 0 Å². The predicted octanol–water partition coefficient (Wildman–Crippen LogP) is -2.06. The third-order valence-corrected chi connectivity index (χ3v) is 5.18. The number of hydrogen-bond acceptors (Lipinski definition) is 5. The summed E-state index contributed by atoms with van der Waals surface area (Å²) in [5, 5.41) is 10.3. The molecule has 1 fully saturated rings. The molecule has 1 N–H and O–H groups in total. The number of sulfonamides is 1. The highest BCUT2D eigenvalue weighted by Crippen LogP contribution is 2.18. The van der Waals surface area contributed by atoms with E-state index in [0.29, 0.717) is 13.1 Å². The first-order valence-electron chi connectivity index (χ1n) is 6.60. The highest BCUT2D eigenvalue weighted by atomic mass is 32.2. The maximum atomic E-state index is 12.3. The maximum absolute atomic E-state index is 12.3. The van der Waals surface area contributed by atoms with E-state index in [1.807, 2.05) is 0 Å². The Morgan fingerprint density at radius 3 is 2.55 bits per heavy atom. The lowest BCUT2D eigenvalue weighted by Crippen LogP contribution is -3.14. The molecular weight excluding hydrogens is 284 g/mol. The van der Waals surface area contributed by atoms with Gasteiger partial charge in [0.2, 0.25) is 5.09 Å². The lowest BCUT2D eigenvalue weighted by Gasteiger charge is -2.30.